The van der Waals surface area contributed by atoms with E-state index >= 15 is 0 Å². The highest BCUT2D eigenvalue weighted by molar-refractivity contribution is 5.93. The van der Waals surface area contributed by atoms with E-state index in [0.29, 0.717) is 24.5 Å². The highest BCUT2D eigenvalue weighted by atomic mass is 16.6. The molecule has 1 amide bonds. The van der Waals surface area contributed by atoms with Crippen molar-refractivity contribution in [3.8, 4) is 11.5 Å². The van der Waals surface area contributed by atoms with Crippen LogP contribution in [0.15, 0.2) is 48.8 Å². The lowest BCUT2D eigenvalue weighted by molar-refractivity contribution is 0.0789. The van der Waals surface area contributed by atoms with Crippen molar-refractivity contribution in [2.75, 3.05) is 13.2 Å². The summed E-state index contributed by atoms with van der Waals surface area (Å²) in [5.74, 6) is 1.28. The van der Waals surface area contributed by atoms with Crippen molar-refractivity contribution in [2.45, 2.75) is 6.10 Å². The van der Waals surface area contributed by atoms with Crippen LogP contribution < -0.4 is 14.8 Å². The third-order valence-corrected chi connectivity index (χ3v) is 2.98. The Morgan fingerprint density at radius 2 is 2.10 bits per heavy atom. The van der Waals surface area contributed by atoms with E-state index in [9.17, 15) is 4.79 Å². The van der Waals surface area contributed by atoms with Gasteiger partial charge in [-0.2, -0.15) is 0 Å². The van der Waals surface area contributed by atoms with Crippen LogP contribution in [-0.4, -0.2) is 30.1 Å². The van der Waals surface area contributed by atoms with Crippen LogP contribution in [0.3, 0.4) is 0 Å². The highest BCUT2D eigenvalue weighted by Crippen LogP contribution is 2.30. The van der Waals surface area contributed by atoms with Gasteiger partial charge < -0.3 is 14.8 Å². The van der Waals surface area contributed by atoms with E-state index in [-0.39, 0.29) is 12.0 Å². The summed E-state index contributed by atoms with van der Waals surface area (Å²) in [6, 6.07) is 10.9. The molecule has 1 aromatic carbocycles. The Labute approximate surface area is 116 Å². The van der Waals surface area contributed by atoms with Crippen molar-refractivity contribution < 1.29 is 14.3 Å². The molecular weight excluding hydrogens is 256 g/mol. The van der Waals surface area contributed by atoms with Gasteiger partial charge in [0, 0.05) is 12.4 Å². The smallest absolute Gasteiger partial charge is 0.252 e. The molecule has 0 radical (unpaired) electrons. The Kier molecular flexibility index (Phi) is 3.50. The first kappa shape index (κ1) is 12.5. The summed E-state index contributed by atoms with van der Waals surface area (Å²) in [6.07, 6.45) is 2.97. The number of hydrogen-bond donors (Lipinski definition) is 1. The zero-order chi connectivity index (χ0) is 13.8. The van der Waals surface area contributed by atoms with Crippen molar-refractivity contribution in [2.24, 2.45) is 0 Å². The Morgan fingerprint density at radius 1 is 1.25 bits per heavy atom. The second-order valence-electron chi connectivity index (χ2n) is 4.45. The Morgan fingerprint density at radius 3 is 2.90 bits per heavy atom. The molecule has 1 aliphatic heterocycles. The monoisotopic (exact) mass is 270 g/mol. The van der Waals surface area contributed by atoms with Gasteiger partial charge in [0.15, 0.2) is 11.5 Å². The second-order valence-corrected chi connectivity index (χ2v) is 4.45. The number of rotatable bonds is 3. The number of carbonyl (C=O) groups is 1. The Bertz CT molecular complexity index is 601. The number of hydrogen-bond acceptors (Lipinski definition) is 4. The van der Waals surface area contributed by atoms with E-state index in [4.69, 9.17) is 9.47 Å². The first-order chi connectivity index (χ1) is 9.83. The first-order valence-electron chi connectivity index (χ1n) is 6.39. The van der Waals surface area contributed by atoms with Gasteiger partial charge in [-0.25, -0.2) is 0 Å². The van der Waals surface area contributed by atoms with E-state index in [1.807, 2.05) is 24.3 Å². The van der Waals surface area contributed by atoms with Gasteiger partial charge in [-0.1, -0.05) is 12.1 Å². The maximum Gasteiger partial charge on any atom is 0.252 e. The van der Waals surface area contributed by atoms with Gasteiger partial charge in [0.2, 0.25) is 0 Å². The van der Waals surface area contributed by atoms with Gasteiger partial charge in [-0.3, -0.25) is 9.78 Å². The number of nitrogens with one attached hydrogen (secondary N) is 1. The summed E-state index contributed by atoms with van der Waals surface area (Å²) in [6.45, 7) is 0.812. The fourth-order valence-corrected chi connectivity index (χ4v) is 1.97. The van der Waals surface area contributed by atoms with E-state index in [0.717, 1.165) is 5.75 Å². The summed E-state index contributed by atoms with van der Waals surface area (Å²) in [5.41, 5.74) is 0.532. The minimum atomic E-state index is -0.189. The van der Waals surface area contributed by atoms with E-state index in [1.54, 1.807) is 18.3 Å². The quantitative estimate of drug-likeness (QED) is 0.921. The molecule has 5 nitrogen and oxygen atoms in total. The number of benzene rings is 1. The van der Waals surface area contributed by atoms with Gasteiger partial charge in [0.1, 0.15) is 12.7 Å². The number of amides is 1. The molecule has 1 N–H and O–H groups in total. The van der Waals surface area contributed by atoms with Crippen LogP contribution in [0.4, 0.5) is 0 Å². The van der Waals surface area contributed by atoms with Crippen LogP contribution in [-0.2, 0) is 0 Å². The SMILES string of the molecule is O=C(NC[C@@H]1COc2ccccc2O1)c1cccnc1. The summed E-state index contributed by atoms with van der Waals surface area (Å²) < 4.78 is 11.3. The maximum atomic E-state index is 11.9. The molecule has 1 atom stereocenters. The number of fused-ring (bicyclic) bond motifs is 1. The number of nitrogens with zero attached hydrogens (tertiary/aromatic N) is 1. The Balaban J connectivity index is 1.57. The van der Waals surface area contributed by atoms with Crippen LogP contribution >= 0.6 is 0 Å². The number of aromatic nitrogens is 1. The fraction of sp³-hybridized carbons (Fsp3) is 0.200. The average molecular weight is 270 g/mol. The number of para-hydroxylation sites is 2. The summed E-state index contributed by atoms with van der Waals surface area (Å²) in [7, 11) is 0. The number of ether oxygens (including phenoxy) is 2. The molecule has 20 heavy (non-hydrogen) atoms. The van der Waals surface area contributed by atoms with Gasteiger partial charge in [0.25, 0.3) is 5.91 Å². The number of carbonyl (C=O) groups excluding carboxylic acids is 1. The van der Waals surface area contributed by atoms with Gasteiger partial charge in [-0.15, -0.1) is 0 Å². The number of pyridine rings is 1. The average Bonchev–Trinajstić information content (AvgIpc) is 2.53. The third kappa shape index (κ3) is 2.71. The van der Waals surface area contributed by atoms with Crippen LogP contribution in [0.5, 0.6) is 11.5 Å². The van der Waals surface area contributed by atoms with E-state index in [2.05, 4.69) is 10.3 Å². The second kappa shape index (κ2) is 5.61. The molecule has 0 fully saturated rings. The topological polar surface area (TPSA) is 60.5 Å². The molecule has 3 rings (SSSR count). The minimum Gasteiger partial charge on any atom is -0.486 e. The molecule has 2 aromatic rings. The molecule has 1 aliphatic rings. The fourth-order valence-electron chi connectivity index (χ4n) is 1.97. The standard InChI is InChI=1S/C15H14N2O3/c18-15(11-4-3-7-16-8-11)17-9-12-10-19-13-5-1-2-6-14(13)20-12/h1-8,12H,9-10H2,(H,17,18)/t12-/m1/s1. The minimum absolute atomic E-state index is 0.166. The first-order valence-corrected chi connectivity index (χ1v) is 6.39. The third-order valence-electron chi connectivity index (χ3n) is 2.98. The Hall–Kier alpha value is -2.56. The molecule has 5 heteroatoms. The van der Waals surface area contributed by atoms with Gasteiger partial charge in [-0.05, 0) is 24.3 Å². The molecule has 102 valence electrons. The molecule has 0 unspecified atom stereocenters. The lowest BCUT2D eigenvalue weighted by atomic mass is 10.2. The van der Waals surface area contributed by atoms with Crippen molar-refractivity contribution in [1.29, 1.82) is 0 Å². The highest BCUT2D eigenvalue weighted by Gasteiger charge is 2.21. The molecule has 1 aromatic heterocycles. The molecule has 0 aliphatic carbocycles. The molecular formula is C15H14N2O3. The summed E-state index contributed by atoms with van der Waals surface area (Å²) >= 11 is 0. The molecule has 0 spiro atoms. The lowest BCUT2D eigenvalue weighted by Gasteiger charge is -2.26. The largest absolute Gasteiger partial charge is 0.486 e. The van der Waals surface area contributed by atoms with Gasteiger partial charge >= 0.3 is 0 Å². The lowest BCUT2D eigenvalue weighted by Crippen LogP contribution is -2.40. The van der Waals surface area contributed by atoms with Crippen molar-refractivity contribution >= 4 is 5.91 Å². The summed E-state index contributed by atoms with van der Waals surface area (Å²) in [5, 5.41) is 2.82. The van der Waals surface area contributed by atoms with Crippen molar-refractivity contribution in [1.82, 2.24) is 10.3 Å². The van der Waals surface area contributed by atoms with Gasteiger partial charge in [0.05, 0.1) is 12.1 Å². The van der Waals surface area contributed by atoms with E-state index in [1.165, 1.54) is 6.20 Å². The van der Waals surface area contributed by atoms with Crippen molar-refractivity contribution in [3.05, 3.63) is 54.4 Å². The maximum absolute atomic E-state index is 11.9. The molecule has 0 bridgehead atoms. The van der Waals surface area contributed by atoms with Crippen molar-refractivity contribution in [3.63, 3.8) is 0 Å². The molecule has 2 heterocycles. The van der Waals surface area contributed by atoms with Crippen LogP contribution in [0.1, 0.15) is 10.4 Å². The van der Waals surface area contributed by atoms with Crippen LogP contribution in [0.2, 0.25) is 0 Å². The van der Waals surface area contributed by atoms with Crippen LogP contribution in [0.25, 0.3) is 0 Å². The van der Waals surface area contributed by atoms with Crippen LogP contribution in [0, 0.1) is 0 Å². The molecule has 0 saturated carbocycles. The zero-order valence-corrected chi connectivity index (χ0v) is 10.8. The molecule has 0 saturated heterocycles. The van der Waals surface area contributed by atoms with E-state index < -0.39 is 0 Å². The normalized spacial score (nSPS) is 16.5. The summed E-state index contributed by atoms with van der Waals surface area (Å²) in [4.78, 5) is 15.8. The zero-order valence-electron chi connectivity index (χ0n) is 10.8. The predicted molar refractivity (Wildman–Crippen MR) is 72.9 cm³/mol. The predicted octanol–water partition coefficient (Wildman–Crippen LogP) is 1.65.